The van der Waals surface area contributed by atoms with Crippen LogP contribution >= 0.6 is 0 Å². The second-order valence-corrected chi connectivity index (χ2v) is 8.01. The number of nitrogens with zero attached hydrogens (tertiary/aromatic N) is 1. The van der Waals surface area contributed by atoms with Crippen LogP contribution in [0.5, 0.6) is 0 Å². The number of anilines is 1. The van der Waals surface area contributed by atoms with Gasteiger partial charge in [0.05, 0.1) is 5.41 Å². The Morgan fingerprint density at radius 1 is 1.32 bits per heavy atom. The van der Waals surface area contributed by atoms with E-state index in [1.54, 1.807) is 13.0 Å². The van der Waals surface area contributed by atoms with Gasteiger partial charge in [-0.15, -0.1) is 0 Å². The summed E-state index contributed by atoms with van der Waals surface area (Å²) in [4.78, 5) is 26.5. The maximum absolute atomic E-state index is 13.7. The first-order chi connectivity index (χ1) is 12.0. The van der Waals surface area contributed by atoms with Gasteiger partial charge in [-0.25, -0.2) is 4.39 Å². The fourth-order valence-corrected chi connectivity index (χ4v) is 5.11. The third-order valence-electron chi connectivity index (χ3n) is 6.40. The zero-order chi connectivity index (χ0) is 17.6. The number of nitrogens with one attached hydrogen (secondary N) is 1. The molecule has 0 aromatic heterocycles. The fourth-order valence-electron chi connectivity index (χ4n) is 5.11. The molecule has 1 aliphatic carbocycles. The predicted octanol–water partition coefficient (Wildman–Crippen LogP) is 3.26. The number of carbonyl (C=O) groups excluding carboxylic acids is 2. The Kier molecular flexibility index (Phi) is 4.14. The van der Waals surface area contributed by atoms with E-state index in [2.05, 4.69) is 10.2 Å². The number of likely N-dealkylation sites (tertiary alicyclic amines) is 1. The minimum absolute atomic E-state index is 0.0300. The van der Waals surface area contributed by atoms with Crippen LogP contribution in [0.4, 0.5) is 10.1 Å². The number of carbonyl (C=O) groups is 2. The summed E-state index contributed by atoms with van der Waals surface area (Å²) in [6.07, 6.45) is 5.23. The normalized spacial score (nSPS) is 32.0. The lowest BCUT2D eigenvalue weighted by atomic mass is 9.68. The van der Waals surface area contributed by atoms with Crippen LogP contribution in [-0.2, 0) is 15.0 Å². The number of Topliss-reactive ketones (excluding diaryl/α,β-unsaturated/α-hetero) is 1. The van der Waals surface area contributed by atoms with Crippen molar-refractivity contribution in [1.82, 2.24) is 4.90 Å². The van der Waals surface area contributed by atoms with E-state index in [4.69, 9.17) is 0 Å². The molecule has 1 N–H and O–H groups in total. The van der Waals surface area contributed by atoms with Gasteiger partial charge in [0.2, 0.25) is 5.91 Å². The molecule has 25 heavy (non-hydrogen) atoms. The Hall–Kier alpha value is -1.75. The first kappa shape index (κ1) is 16.7. The summed E-state index contributed by atoms with van der Waals surface area (Å²) in [5.74, 6) is 0.513. The van der Waals surface area contributed by atoms with Crippen molar-refractivity contribution in [1.29, 1.82) is 0 Å². The largest absolute Gasteiger partial charge is 0.325 e. The molecule has 2 fully saturated rings. The van der Waals surface area contributed by atoms with Crippen molar-refractivity contribution < 1.29 is 14.0 Å². The quantitative estimate of drug-likeness (QED) is 0.916. The van der Waals surface area contributed by atoms with Gasteiger partial charge in [0.15, 0.2) is 0 Å². The maximum atomic E-state index is 13.7. The minimum Gasteiger partial charge on any atom is -0.325 e. The summed E-state index contributed by atoms with van der Waals surface area (Å²) in [5, 5.41) is 2.94. The minimum atomic E-state index is -0.549. The lowest BCUT2D eigenvalue weighted by Crippen LogP contribution is -2.44. The maximum Gasteiger partial charge on any atom is 0.235 e. The molecular formula is C20H25FN2O2. The van der Waals surface area contributed by atoms with Crippen molar-refractivity contribution in [2.45, 2.75) is 56.9 Å². The van der Waals surface area contributed by atoms with Crippen LogP contribution in [0.2, 0.25) is 0 Å². The zero-order valence-corrected chi connectivity index (χ0v) is 14.7. The highest BCUT2D eigenvalue weighted by atomic mass is 19.1. The van der Waals surface area contributed by atoms with E-state index in [0.29, 0.717) is 18.4 Å². The predicted molar refractivity (Wildman–Crippen MR) is 93.9 cm³/mol. The van der Waals surface area contributed by atoms with E-state index in [-0.39, 0.29) is 17.5 Å². The van der Waals surface area contributed by atoms with Crippen molar-refractivity contribution >= 4 is 17.4 Å². The molecule has 1 amide bonds. The van der Waals surface area contributed by atoms with Crippen molar-refractivity contribution in [2.24, 2.45) is 5.92 Å². The van der Waals surface area contributed by atoms with Crippen molar-refractivity contribution in [3.63, 3.8) is 0 Å². The van der Waals surface area contributed by atoms with Crippen LogP contribution in [0.3, 0.4) is 0 Å². The monoisotopic (exact) mass is 344 g/mol. The SMILES string of the molecule is CC(=O)C[C@H]1CCN(C2CCC3(CC2)C(=O)Nc2ccc(F)cc23)C1. The molecule has 3 aliphatic rings. The third kappa shape index (κ3) is 2.88. The van der Waals surface area contributed by atoms with E-state index >= 15 is 0 Å². The molecule has 2 heterocycles. The molecule has 0 unspecified atom stereocenters. The molecule has 1 spiro atoms. The van der Waals surface area contributed by atoms with Crippen LogP contribution in [0.1, 0.15) is 51.0 Å². The van der Waals surface area contributed by atoms with Crippen molar-refractivity contribution in [3.05, 3.63) is 29.6 Å². The van der Waals surface area contributed by atoms with Gasteiger partial charge in [-0.05, 0) is 75.3 Å². The topological polar surface area (TPSA) is 49.4 Å². The number of fused-ring (bicyclic) bond motifs is 2. The van der Waals surface area contributed by atoms with Crippen LogP contribution in [0.15, 0.2) is 18.2 Å². The molecule has 1 aromatic carbocycles. The number of rotatable bonds is 3. The Balaban J connectivity index is 1.45. The average molecular weight is 344 g/mol. The molecule has 5 heteroatoms. The van der Waals surface area contributed by atoms with Crippen LogP contribution < -0.4 is 5.32 Å². The third-order valence-corrected chi connectivity index (χ3v) is 6.40. The summed E-state index contributed by atoms with van der Waals surface area (Å²) in [6, 6.07) is 5.10. The Bertz CT molecular complexity index is 710. The summed E-state index contributed by atoms with van der Waals surface area (Å²) in [7, 11) is 0. The van der Waals surface area contributed by atoms with Gasteiger partial charge in [-0.2, -0.15) is 0 Å². The number of hydrogen-bond donors (Lipinski definition) is 1. The number of ketones is 1. The van der Waals surface area contributed by atoms with Gasteiger partial charge in [0, 0.05) is 24.7 Å². The molecule has 0 bridgehead atoms. The van der Waals surface area contributed by atoms with Gasteiger partial charge in [-0.3, -0.25) is 4.79 Å². The van der Waals surface area contributed by atoms with Gasteiger partial charge in [-0.1, -0.05) is 0 Å². The average Bonchev–Trinajstić information content (AvgIpc) is 3.13. The van der Waals surface area contributed by atoms with Crippen molar-refractivity contribution in [2.75, 3.05) is 18.4 Å². The molecule has 134 valence electrons. The molecule has 1 saturated carbocycles. The fraction of sp³-hybridized carbons (Fsp3) is 0.600. The van der Waals surface area contributed by atoms with Crippen LogP contribution in [0, 0.1) is 11.7 Å². The molecule has 1 aromatic rings. The van der Waals surface area contributed by atoms with E-state index in [9.17, 15) is 14.0 Å². The highest BCUT2D eigenvalue weighted by Gasteiger charge is 2.49. The van der Waals surface area contributed by atoms with Gasteiger partial charge < -0.3 is 15.0 Å². The number of benzene rings is 1. The van der Waals surface area contributed by atoms with Gasteiger partial charge in [0.1, 0.15) is 11.6 Å². The van der Waals surface area contributed by atoms with E-state index in [1.807, 2.05) is 0 Å². The number of halogens is 1. The smallest absolute Gasteiger partial charge is 0.235 e. The Morgan fingerprint density at radius 3 is 2.80 bits per heavy atom. The molecule has 1 saturated heterocycles. The number of hydrogen-bond acceptors (Lipinski definition) is 3. The molecular weight excluding hydrogens is 319 g/mol. The first-order valence-electron chi connectivity index (χ1n) is 9.33. The number of amides is 1. The second kappa shape index (κ2) is 6.20. The lowest BCUT2D eigenvalue weighted by molar-refractivity contribution is -0.122. The van der Waals surface area contributed by atoms with Crippen LogP contribution in [0.25, 0.3) is 0 Å². The molecule has 4 rings (SSSR count). The van der Waals surface area contributed by atoms with Gasteiger partial charge in [0.25, 0.3) is 0 Å². The first-order valence-corrected chi connectivity index (χ1v) is 9.33. The summed E-state index contributed by atoms with van der Waals surface area (Å²) >= 11 is 0. The van der Waals surface area contributed by atoms with Gasteiger partial charge >= 0.3 is 0 Å². The highest BCUT2D eigenvalue weighted by Crippen LogP contribution is 2.48. The van der Waals surface area contributed by atoms with E-state index < -0.39 is 5.41 Å². The Labute approximate surface area is 147 Å². The van der Waals surface area contributed by atoms with Crippen molar-refractivity contribution in [3.8, 4) is 0 Å². The highest BCUT2D eigenvalue weighted by molar-refractivity contribution is 6.06. The molecule has 0 radical (unpaired) electrons. The lowest BCUT2D eigenvalue weighted by Gasteiger charge is -2.39. The summed E-state index contributed by atoms with van der Waals surface area (Å²) < 4.78 is 13.7. The molecule has 4 nitrogen and oxygen atoms in total. The Morgan fingerprint density at radius 2 is 2.08 bits per heavy atom. The molecule has 2 aliphatic heterocycles. The second-order valence-electron chi connectivity index (χ2n) is 8.01. The zero-order valence-electron chi connectivity index (χ0n) is 14.7. The summed E-state index contributed by atoms with van der Waals surface area (Å²) in [5.41, 5.74) is 1.06. The molecule has 1 atom stereocenters. The van der Waals surface area contributed by atoms with Crippen LogP contribution in [-0.4, -0.2) is 35.7 Å². The van der Waals surface area contributed by atoms with E-state index in [1.165, 1.54) is 12.1 Å². The summed E-state index contributed by atoms with van der Waals surface area (Å²) in [6.45, 7) is 3.71. The van der Waals surface area contributed by atoms with E-state index in [0.717, 1.165) is 56.4 Å². The standard InChI is InChI=1S/C20H25FN2O2/c1-13(24)10-14-6-9-23(12-14)16-4-7-20(8-5-16)17-11-15(21)2-3-18(17)22-19(20)25/h2-3,11,14,16H,4-10,12H2,1H3,(H,22,25)/t14-,16?,20?/m1/s1.